The Morgan fingerprint density at radius 3 is 2.70 bits per heavy atom. The summed E-state index contributed by atoms with van der Waals surface area (Å²) in [7, 11) is 0. The molecule has 0 aromatic rings. The lowest BCUT2D eigenvalue weighted by molar-refractivity contribution is -0.222. The second-order valence-electron chi connectivity index (χ2n) is 2.83. The molecule has 3 nitrogen and oxygen atoms in total. The van der Waals surface area contributed by atoms with Gasteiger partial charge in [0.05, 0.1) is 6.61 Å². The third kappa shape index (κ3) is 1.05. The van der Waals surface area contributed by atoms with E-state index in [9.17, 15) is 0 Å². The molecule has 2 aliphatic rings. The van der Waals surface area contributed by atoms with E-state index in [2.05, 4.69) is 0 Å². The molecule has 2 aliphatic heterocycles. The molecular weight excluding hydrogens is 132 g/mol. The van der Waals surface area contributed by atoms with Crippen LogP contribution >= 0.6 is 0 Å². The molecule has 0 N–H and O–H groups in total. The highest BCUT2D eigenvalue weighted by atomic mass is 16.8. The van der Waals surface area contributed by atoms with Crippen LogP contribution in [0.4, 0.5) is 0 Å². The molecule has 58 valence electrons. The van der Waals surface area contributed by atoms with E-state index in [1.807, 2.05) is 0 Å². The SMILES string of the molecule is C1CCC2(COCO2)OC1. The maximum Gasteiger partial charge on any atom is 0.194 e. The molecule has 3 heteroatoms. The maximum absolute atomic E-state index is 5.48. The van der Waals surface area contributed by atoms with Crippen molar-refractivity contribution >= 4 is 0 Å². The van der Waals surface area contributed by atoms with Crippen molar-refractivity contribution in [2.45, 2.75) is 25.0 Å². The molecule has 2 saturated heterocycles. The Hall–Kier alpha value is -0.120. The molecule has 1 unspecified atom stereocenters. The van der Waals surface area contributed by atoms with Gasteiger partial charge in [-0.3, -0.25) is 0 Å². The molecule has 0 radical (unpaired) electrons. The van der Waals surface area contributed by atoms with Gasteiger partial charge in [-0.1, -0.05) is 0 Å². The average molecular weight is 144 g/mol. The predicted octanol–water partition coefficient (Wildman–Crippen LogP) is 0.887. The maximum atomic E-state index is 5.48. The average Bonchev–Trinajstić information content (AvgIpc) is 2.39. The molecule has 1 spiro atoms. The lowest BCUT2D eigenvalue weighted by Crippen LogP contribution is -2.38. The van der Waals surface area contributed by atoms with Crippen LogP contribution in [0.15, 0.2) is 0 Å². The molecule has 0 aliphatic carbocycles. The summed E-state index contributed by atoms with van der Waals surface area (Å²) in [5, 5.41) is 0. The molecule has 0 aromatic heterocycles. The molecule has 0 aromatic carbocycles. The van der Waals surface area contributed by atoms with Crippen LogP contribution in [-0.4, -0.2) is 25.8 Å². The van der Waals surface area contributed by atoms with E-state index < -0.39 is 0 Å². The smallest absolute Gasteiger partial charge is 0.194 e. The fourth-order valence-corrected chi connectivity index (χ4v) is 1.44. The minimum Gasteiger partial charge on any atom is -0.350 e. The summed E-state index contributed by atoms with van der Waals surface area (Å²) in [6, 6.07) is 0. The van der Waals surface area contributed by atoms with Gasteiger partial charge in [-0.2, -0.15) is 0 Å². The first-order chi connectivity index (χ1) is 4.91. The second kappa shape index (κ2) is 2.49. The van der Waals surface area contributed by atoms with Crippen LogP contribution in [0.3, 0.4) is 0 Å². The molecule has 2 fully saturated rings. The molecule has 2 rings (SSSR count). The summed E-state index contributed by atoms with van der Waals surface area (Å²) >= 11 is 0. The molecular formula is C7H12O3. The third-order valence-electron chi connectivity index (χ3n) is 2.04. The first-order valence-electron chi connectivity index (χ1n) is 3.77. The van der Waals surface area contributed by atoms with Crippen LogP contribution in [0.25, 0.3) is 0 Å². The summed E-state index contributed by atoms with van der Waals surface area (Å²) in [5.74, 6) is -0.349. The van der Waals surface area contributed by atoms with Gasteiger partial charge in [0.15, 0.2) is 12.6 Å². The normalized spacial score (nSPS) is 40.8. The summed E-state index contributed by atoms with van der Waals surface area (Å²) in [6.45, 7) is 1.84. The van der Waals surface area contributed by atoms with Crippen molar-refractivity contribution in [3.8, 4) is 0 Å². The van der Waals surface area contributed by atoms with Gasteiger partial charge < -0.3 is 14.2 Å². The summed E-state index contributed by atoms with van der Waals surface area (Å²) < 4.78 is 15.9. The van der Waals surface area contributed by atoms with E-state index in [0.29, 0.717) is 13.4 Å². The standard InChI is InChI=1S/C7H12O3/c1-2-4-9-7(3-1)5-8-6-10-7/h1-6H2. The second-order valence-corrected chi connectivity index (χ2v) is 2.83. The fourth-order valence-electron chi connectivity index (χ4n) is 1.44. The quantitative estimate of drug-likeness (QED) is 0.505. The minimum absolute atomic E-state index is 0.349. The molecule has 0 saturated carbocycles. The summed E-state index contributed by atoms with van der Waals surface area (Å²) in [5.41, 5.74) is 0. The molecule has 10 heavy (non-hydrogen) atoms. The fraction of sp³-hybridized carbons (Fsp3) is 1.00. The highest BCUT2D eigenvalue weighted by Gasteiger charge is 2.38. The largest absolute Gasteiger partial charge is 0.350 e. The van der Waals surface area contributed by atoms with Crippen molar-refractivity contribution in [3.63, 3.8) is 0 Å². The van der Waals surface area contributed by atoms with Gasteiger partial charge in [-0.15, -0.1) is 0 Å². The first-order valence-corrected chi connectivity index (χ1v) is 3.77. The molecule has 0 bridgehead atoms. The number of hydrogen-bond acceptors (Lipinski definition) is 3. The van der Waals surface area contributed by atoms with Crippen LogP contribution in [0.1, 0.15) is 19.3 Å². The van der Waals surface area contributed by atoms with E-state index >= 15 is 0 Å². The Bertz CT molecular complexity index is 110. The predicted molar refractivity (Wildman–Crippen MR) is 34.4 cm³/mol. The zero-order valence-electron chi connectivity index (χ0n) is 5.97. The van der Waals surface area contributed by atoms with E-state index in [1.165, 1.54) is 6.42 Å². The van der Waals surface area contributed by atoms with Crippen molar-refractivity contribution in [1.82, 2.24) is 0 Å². The van der Waals surface area contributed by atoms with Crippen molar-refractivity contribution in [3.05, 3.63) is 0 Å². The van der Waals surface area contributed by atoms with Crippen LogP contribution in [0, 0.1) is 0 Å². The lowest BCUT2D eigenvalue weighted by atomic mass is 10.1. The van der Waals surface area contributed by atoms with Crippen molar-refractivity contribution in [2.75, 3.05) is 20.0 Å². The zero-order valence-corrected chi connectivity index (χ0v) is 5.97. The number of rotatable bonds is 0. The van der Waals surface area contributed by atoms with Gasteiger partial charge in [-0.25, -0.2) is 0 Å². The van der Waals surface area contributed by atoms with Gasteiger partial charge in [0.25, 0.3) is 0 Å². The molecule has 0 amide bonds. The van der Waals surface area contributed by atoms with Crippen LogP contribution in [0.2, 0.25) is 0 Å². The number of ether oxygens (including phenoxy) is 3. The van der Waals surface area contributed by atoms with E-state index in [4.69, 9.17) is 14.2 Å². The van der Waals surface area contributed by atoms with Gasteiger partial charge in [-0.05, 0) is 12.8 Å². The highest BCUT2D eigenvalue weighted by Crippen LogP contribution is 2.29. The summed E-state index contributed by atoms with van der Waals surface area (Å²) in [6.07, 6.45) is 3.35. The van der Waals surface area contributed by atoms with Crippen molar-refractivity contribution in [2.24, 2.45) is 0 Å². The highest BCUT2D eigenvalue weighted by molar-refractivity contribution is 4.75. The van der Waals surface area contributed by atoms with Gasteiger partial charge >= 0.3 is 0 Å². The molecule has 1 atom stereocenters. The Balaban J connectivity index is 1.98. The zero-order chi connectivity index (χ0) is 6.86. The van der Waals surface area contributed by atoms with E-state index in [1.54, 1.807) is 0 Å². The van der Waals surface area contributed by atoms with Gasteiger partial charge in [0.1, 0.15) is 6.61 Å². The minimum atomic E-state index is -0.349. The Labute approximate surface area is 60.3 Å². The van der Waals surface area contributed by atoms with Crippen LogP contribution < -0.4 is 0 Å². The molecule has 2 heterocycles. The summed E-state index contributed by atoms with van der Waals surface area (Å²) in [4.78, 5) is 0. The Morgan fingerprint density at radius 2 is 2.10 bits per heavy atom. The monoisotopic (exact) mass is 144 g/mol. The van der Waals surface area contributed by atoms with Gasteiger partial charge in [0.2, 0.25) is 0 Å². The van der Waals surface area contributed by atoms with Crippen molar-refractivity contribution < 1.29 is 14.2 Å². The Morgan fingerprint density at radius 1 is 1.10 bits per heavy atom. The lowest BCUT2D eigenvalue weighted by Gasteiger charge is -2.30. The van der Waals surface area contributed by atoms with Crippen LogP contribution in [-0.2, 0) is 14.2 Å². The Kier molecular flexibility index (Phi) is 1.64. The van der Waals surface area contributed by atoms with Gasteiger partial charge in [0, 0.05) is 6.42 Å². The first kappa shape index (κ1) is 6.58. The van der Waals surface area contributed by atoms with Crippen molar-refractivity contribution in [1.29, 1.82) is 0 Å². The topological polar surface area (TPSA) is 27.7 Å². The van der Waals surface area contributed by atoms with E-state index in [0.717, 1.165) is 19.4 Å². The number of hydrogen-bond donors (Lipinski definition) is 0. The van der Waals surface area contributed by atoms with Crippen LogP contribution in [0.5, 0.6) is 0 Å². The third-order valence-corrected chi connectivity index (χ3v) is 2.04. The van der Waals surface area contributed by atoms with E-state index in [-0.39, 0.29) is 5.79 Å².